The number of nitrogens with one attached hydrogen (secondary N) is 2. The van der Waals surface area contributed by atoms with Gasteiger partial charge in [-0.25, -0.2) is 0 Å². The van der Waals surface area contributed by atoms with Crippen LogP contribution in [0.15, 0.2) is 18.2 Å². The van der Waals surface area contributed by atoms with Crippen molar-refractivity contribution < 1.29 is 14.3 Å². The van der Waals surface area contributed by atoms with Gasteiger partial charge >= 0.3 is 0 Å². The van der Waals surface area contributed by atoms with Gasteiger partial charge in [0.2, 0.25) is 5.91 Å². The number of hydrogen-bond acceptors (Lipinski definition) is 3. The Morgan fingerprint density at radius 3 is 2.85 bits per heavy atom. The summed E-state index contributed by atoms with van der Waals surface area (Å²) in [4.78, 5) is 23.6. The van der Waals surface area contributed by atoms with E-state index in [1.165, 1.54) is 0 Å². The maximum absolute atomic E-state index is 12.3. The van der Waals surface area contributed by atoms with Crippen molar-refractivity contribution in [3.05, 3.63) is 18.2 Å². The summed E-state index contributed by atoms with van der Waals surface area (Å²) in [5.74, 6) is 0.511. The van der Waals surface area contributed by atoms with E-state index in [1.54, 1.807) is 18.2 Å². The van der Waals surface area contributed by atoms with Crippen LogP contribution in [0.4, 0.5) is 11.4 Å². The Labute approximate surface area is 117 Å². The monoisotopic (exact) mass is 274 g/mol. The summed E-state index contributed by atoms with van der Waals surface area (Å²) in [5.41, 5.74) is 1.03. The normalized spacial score (nSPS) is 19.8. The molecule has 1 saturated carbocycles. The van der Waals surface area contributed by atoms with Crippen molar-refractivity contribution in [1.82, 2.24) is 0 Å². The van der Waals surface area contributed by atoms with Gasteiger partial charge in [-0.15, -0.1) is 0 Å². The van der Waals surface area contributed by atoms with E-state index in [0.29, 0.717) is 17.1 Å². The second kappa shape index (κ2) is 4.81. The molecule has 1 aliphatic heterocycles. The molecule has 106 valence electrons. The highest BCUT2D eigenvalue weighted by molar-refractivity contribution is 5.99. The number of hydrogen-bond donors (Lipinski definition) is 2. The highest BCUT2D eigenvalue weighted by atomic mass is 16.5. The summed E-state index contributed by atoms with van der Waals surface area (Å²) in [5, 5.41) is 5.68. The Hall–Kier alpha value is -2.04. The first-order chi connectivity index (χ1) is 9.57. The molecule has 0 spiro atoms. The number of benzene rings is 1. The van der Waals surface area contributed by atoms with Crippen LogP contribution in [0.25, 0.3) is 0 Å². The molecule has 1 aliphatic carbocycles. The average molecular weight is 274 g/mol. The lowest BCUT2D eigenvalue weighted by Crippen LogP contribution is -2.31. The Bertz CT molecular complexity index is 562. The van der Waals surface area contributed by atoms with Gasteiger partial charge < -0.3 is 15.4 Å². The number of anilines is 2. The maximum Gasteiger partial charge on any atom is 0.262 e. The van der Waals surface area contributed by atoms with Gasteiger partial charge in [0, 0.05) is 11.1 Å². The third-order valence-corrected chi connectivity index (χ3v) is 4.13. The number of amides is 2. The third-order valence-electron chi connectivity index (χ3n) is 4.13. The van der Waals surface area contributed by atoms with Crippen LogP contribution >= 0.6 is 0 Å². The van der Waals surface area contributed by atoms with Crippen molar-refractivity contribution >= 4 is 23.2 Å². The molecule has 5 nitrogen and oxygen atoms in total. The van der Waals surface area contributed by atoms with E-state index in [-0.39, 0.29) is 23.8 Å². The van der Waals surface area contributed by atoms with Crippen LogP contribution in [0.2, 0.25) is 0 Å². The molecule has 2 amide bonds. The number of carbonyl (C=O) groups excluding carboxylic acids is 2. The summed E-state index contributed by atoms with van der Waals surface area (Å²) >= 11 is 0. The zero-order valence-electron chi connectivity index (χ0n) is 11.5. The Kier molecular flexibility index (Phi) is 3.12. The third kappa shape index (κ3) is 2.35. The SMILES string of the molecule is CC1(C(=O)Nc2ccc3c(c2)NC(=O)CO3)CCCC1. The molecule has 2 N–H and O–H groups in total. The van der Waals surface area contributed by atoms with Crippen LogP contribution in [-0.2, 0) is 9.59 Å². The van der Waals surface area contributed by atoms with Gasteiger partial charge in [-0.1, -0.05) is 19.8 Å². The van der Waals surface area contributed by atoms with Crippen LogP contribution in [-0.4, -0.2) is 18.4 Å². The van der Waals surface area contributed by atoms with E-state index in [9.17, 15) is 9.59 Å². The van der Waals surface area contributed by atoms with Crippen molar-refractivity contribution in [2.45, 2.75) is 32.6 Å². The molecule has 1 aromatic carbocycles. The first-order valence-corrected chi connectivity index (χ1v) is 6.95. The standard InChI is InChI=1S/C15H18N2O3/c1-15(6-2-3-7-15)14(19)16-10-4-5-12-11(8-10)17-13(18)9-20-12/h4-5,8H,2-3,6-7,9H2,1H3,(H,16,19)(H,17,18). The fourth-order valence-electron chi connectivity index (χ4n) is 2.83. The molecule has 3 rings (SSSR count). The minimum Gasteiger partial charge on any atom is -0.482 e. The summed E-state index contributed by atoms with van der Waals surface area (Å²) in [6.45, 7) is 2.05. The van der Waals surface area contributed by atoms with Crippen LogP contribution < -0.4 is 15.4 Å². The number of rotatable bonds is 2. The molecule has 0 atom stereocenters. The van der Waals surface area contributed by atoms with Crippen molar-refractivity contribution in [3.63, 3.8) is 0 Å². The summed E-state index contributed by atoms with van der Waals surface area (Å²) in [6.07, 6.45) is 4.09. The smallest absolute Gasteiger partial charge is 0.262 e. The van der Waals surface area contributed by atoms with Crippen molar-refractivity contribution in [3.8, 4) is 5.75 Å². The quantitative estimate of drug-likeness (QED) is 0.870. The summed E-state index contributed by atoms with van der Waals surface area (Å²) in [7, 11) is 0. The van der Waals surface area contributed by atoms with Crippen molar-refractivity contribution in [2.75, 3.05) is 17.2 Å². The molecule has 2 aliphatic rings. The first kappa shape index (κ1) is 13.0. The van der Waals surface area contributed by atoms with Gasteiger partial charge in [-0.2, -0.15) is 0 Å². The largest absolute Gasteiger partial charge is 0.482 e. The zero-order chi connectivity index (χ0) is 14.2. The molecule has 1 fully saturated rings. The molecule has 0 aromatic heterocycles. The molecule has 1 aromatic rings. The van der Waals surface area contributed by atoms with E-state index < -0.39 is 0 Å². The second-order valence-electron chi connectivity index (χ2n) is 5.77. The highest BCUT2D eigenvalue weighted by Crippen LogP contribution is 2.39. The Morgan fingerprint density at radius 2 is 2.10 bits per heavy atom. The van der Waals surface area contributed by atoms with Crippen molar-refractivity contribution in [1.29, 1.82) is 0 Å². The Balaban J connectivity index is 1.76. The first-order valence-electron chi connectivity index (χ1n) is 6.95. The fraction of sp³-hybridized carbons (Fsp3) is 0.467. The molecule has 1 heterocycles. The van der Waals surface area contributed by atoms with Crippen LogP contribution in [0.3, 0.4) is 0 Å². The van der Waals surface area contributed by atoms with Gasteiger partial charge in [0.25, 0.3) is 5.91 Å². The predicted molar refractivity (Wildman–Crippen MR) is 75.8 cm³/mol. The lowest BCUT2D eigenvalue weighted by Gasteiger charge is -2.23. The van der Waals surface area contributed by atoms with E-state index in [4.69, 9.17) is 4.74 Å². The average Bonchev–Trinajstić information content (AvgIpc) is 2.86. The topological polar surface area (TPSA) is 67.4 Å². The highest BCUT2D eigenvalue weighted by Gasteiger charge is 2.36. The number of carbonyl (C=O) groups is 2. The molecular formula is C15H18N2O3. The minimum atomic E-state index is -0.268. The molecular weight excluding hydrogens is 256 g/mol. The molecule has 0 saturated heterocycles. The molecule has 0 bridgehead atoms. The van der Waals surface area contributed by atoms with Gasteiger partial charge in [-0.05, 0) is 31.0 Å². The van der Waals surface area contributed by atoms with E-state index in [0.717, 1.165) is 25.7 Å². The van der Waals surface area contributed by atoms with Gasteiger partial charge in [0.1, 0.15) is 5.75 Å². The van der Waals surface area contributed by atoms with Crippen LogP contribution in [0.5, 0.6) is 5.75 Å². The molecule has 20 heavy (non-hydrogen) atoms. The molecule has 0 unspecified atom stereocenters. The van der Waals surface area contributed by atoms with Gasteiger partial charge in [-0.3, -0.25) is 9.59 Å². The zero-order valence-corrected chi connectivity index (χ0v) is 11.5. The number of fused-ring (bicyclic) bond motifs is 1. The number of ether oxygens (including phenoxy) is 1. The van der Waals surface area contributed by atoms with E-state index in [2.05, 4.69) is 10.6 Å². The second-order valence-corrected chi connectivity index (χ2v) is 5.77. The maximum atomic E-state index is 12.3. The predicted octanol–water partition coefficient (Wildman–Crippen LogP) is 2.54. The van der Waals surface area contributed by atoms with Gasteiger partial charge in [0.15, 0.2) is 6.61 Å². The van der Waals surface area contributed by atoms with Crippen molar-refractivity contribution in [2.24, 2.45) is 5.41 Å². The van der Waals surface area contributed by atoms with Crippen LogP contribution in [0.1, 0.15) is 32.6 Å². The Morgan fingerprint density at radius 1 is 1.35 bits per heavy atom. The van der Waals surface area contributed by atoms with E-state index in [1.807, 2.05) is 6.92 Å². The fourth-order valence-corrected chi connectivity index (χ4v) is 2.83. The lowest BCUT2D eigenvalue weighted by molar-refractivity contribution is -0.124. The minimum absolute atomic E-state index is 0.0385. The van der Waals surface area contributed by atoms with E-state index >= 15 is 0 Å². The summed E-state index contributed by atoms with van der Waals surface area (Å²) < 4.78 is 5.29. The molecule has 5 heteroatoms. The molecule has 0 radical (unpaired) electrons. The summed E-state index contributed by atoms with van der Waals surface area (Å²) in [6, 6.07) is 5.30. The lowest BCUT2D eigenvalue weighted by atomic mass is 9.88. The van der Waals surface area contributed by atoms with Gasteiger partial charge in [0.05, 0.1) is 5.69 Å². The van der Waals surface area contributed by atoms with Crippen LogP contribution in [0, 0.1) is 5.41 Å².